The van der Waals surface area contributed by atoms with E-state index in [9.17, 15) is 4.39 Å². The van der Waals surface area contributed by atoms with Gasteiger partial charge in [0.1, 0.15) is 11.6 Å². The Balaban J connectivity index is 2.32. The summed E-state index contributed by atoms with van der Waals surface area (Å²) in [4.78, 5) is 1.98. The highest BCUT2D eigenvalue weighted by Crippen LogP contribution is 2.27. The van der Waals surface area contributed by atoms with Crippen LogP contribution < -0.4 is 10.6 Å². The van der Waals surface area contributed by atoms with Gasteiger partial charge in [-0.15, -0.1) is 0 Å². The molecule has 1 atom stereocenters. The van der Waals surface area contributed by atoms with E-state index in [1.54, 1.807) is 12.3 Å². The van der Waals surface area contributed by atoms with E-state index in [2.05, 4.69) is 0 Å². The second-order valence-corrected chi connectivity index (χ2v) is 5.02. The molecule has 1 unspecified atom stereocenters. The second kappa shape index (κ2) is 6.57. The highest BCUT2D eigenvalue weighted by molar-refractivity contribution is 5.55. The first-order valence-corrected chi connectivity index (χ1v) is 6.92. The maximum absolute atomic E-state index is 14.3. The van der Waals surface area contributed by atoms with E-state index in [0.29, 0.717) is 25.2 Å². The van der Waals surface area contributed by atoms with Crippen LogP contribution in [0.1, 0.15) is 25.2 Å². The van der Waals surface area contributed by atoms with Crippen molar-refractivity contribution in [2.45, 2.75) is 32.9 Å². The normalized spacial score (nSPS) is 12.4. The minimum atomic E-state index is -0.212. The zero-order chi connectivity index (χ0) is 14.5. The maximum atomic E-state index is 14.3. The molecule has 108 valence electrons. The summed E-state index contributed by atoms with van der Waals surface area (Å²) in [7, 11) is 0. The molecule has 0 spiro atoms. The van der Waals surface area contributed by atoms with E-state index in [1.165, 1.54) is 6.07 Å². The summed E-state index contributed by atoms with van der Waals surface area (Å²) in [5.41, 5.74) is 7.43. The van der Waals surface area contributed by atoms with Crippen LogP contribution in [0, 0.1) is 5.82 Å². The van der Waals surface area contributed by atoms with Gasteiger partial charge >= 0.3 is 0 Å². The average Bonchev–Trinajstić information content (AvgIpc) is 2.89. The van der Waals surface area contributed by atoms with Crippen molar-refractivity contribution < 1.29 is 8.81 Å². The Bertz CT molecular complexity index is 537. The molecule has 0 fully saturated rings. The molecule has 0 radical (unpaired) electrons. The van der Waals surface area contributed by atoms with Gasteiger partial charge in [-0.3, -0.25) is 0 Å². The summed E-state index contributed by atoms with van der Waals surface area (Å²) in [5.74, 6) is 0.610. The third kappa shape index (κ3) is 3.39. The van der Waals surface area contributed by atoms with Gasteiger partial charge in [0.2, 0.25) is 0 Å². The SMILES string of the molecule is CCN(Cc1ccco1)c1c(F)cccc1CC(C)N. The minimum Gasteiger partial charge on any atom is -0.467 e. The van der Waals surface area contributed by atoms with Crippen LogP contribution >= 0.6 is 0 Å². The molecule has 4 heteroatoms. The van der Waals surface area contributed by atoms with Gasteiger partial charge in [0.25, 0.3) is 0 Å². The highest BCUT2D eigenvalue weighted by Gasteiger charge is 2.17. The number of hydrogen-bond acceptors (Lipinski definition) is 3. The molecule has 0 aliphatic rings. The highest BCUT2D eigenvalue weighted by atomic mass is 19.1. The number of rotatable bonds is 6. The fourth-order valence-electron chi connectivity index (χ4n) is 2.37. The monoisotopic (exact) mass is 276 g/mol. The van der Waals surface area contributed by atoms with Crippen LogP contribution in [0.4, 0.5) is 10.1 Å². The Morgan fingerprint density at radius 3 is 2.70 bits per heavy atom. The van der Waals surface area contributed by atoms with E-state index in [1.807, 2.05) is 36.9 Å². The van der Waals surface area contributed by atoms with E-state index < -0.39 is 0 Å². The predicted molar refractivity (Wildman–Crippen MR) is 79.2 cm³/mol. The largest absolute Gasteiger partial charge is 0.467 e. The number of halogens is 1. The van der Waals surface area contributed by atoms with Gasteiger partial charge in [-0.25, -0.2) is 4.39 Å². The quantitative estimate of drug-likeness (QED) is 0.880. The summed E-state index contributed by atoms with van der Waals surface area (Å²) in [5, 5.41) is 0. The molecular formula is C16H21FN2O. The molecule has 0 bridgehead atoms. The number of benzene rings is 1. The molecular weight excluding hydrogens is 255 g/mol. The lowest BCUT2D eigenvalue weighted by molar-refractivity contribution is 0.500. The van der Waals surface area contributed by atoms with E-state index in [-0.39, 0.29) is 11.9 Å². The molecule has 1 heterocycles. The number of furan rings is 1. The van der Waals surface area contributed by atoms with Crippen molar-refractivity contribution in [3.8, 4) is 0 Å². The second-order valence-electron chi connectivity index (χ2n) is 5.02. The van der Waals surface area contributed by atoms with Crippen LogP contribution in [0.3, 0.4) is 0 Å². The fraction of sp³-hybridized carbons (Fsp3) is 0.375. The zero-order valence-corrected chi connectivity index (χ0v) is 12.0. The fourth-order valence-corrected chi connectivity index (χ4v) is 2.37. The van der Waals surface area contributed by atoms with Crippen LogP contribution in [0.25, 0.3) is 0 Å². The van der Waals surface area contributed by atoms with Gasteiger partial charge in [-0.05, 0) is 44.0 Å². The first-order chi connectivity index (χ1) is 9.61. The summed E-state index contributed by atoms with van der Waals surface area (Å²) in [6.07, 6.45) is 2.29. The van der Waals surface area contributed by atoms with Gasteiger partial charge in [0, 0.05) is 12.6 Å². The van der Waals surface area contributed by atoms with Crippen LogP contribution in [0.5, 0.6) is 0 Å². The molecule has 0 saturated carbocycles. The van der Waals surface area contributed by atoms with Crippen LogP contribution in [0.15, 0.2) is 41.0 Å². The molecule has 0 aliphatic carbocycles. The molecule has 1 aromatic heterocycles. The lowest BCUT2D eigenvalue weighted by Gasteiger charge is -2.26. The van der Waals surface area contributed by atoms with Crippen LogP contribution in [0.2, 0.25) is 0 Å². The van der Waals surface area contributed by atoms with Crippen molar-refractivity contribution in [2.24, 2.45) is 5.73 Å². The molecule has 2 rings (SSSR count). The number of nitrogens with zero attached hydrogens (tertiary/aromatic N) is 1. The van der Waals surface area contributed by atoms with Crippen LogP contribution in [-0.4, -0.2) is 12.6 Å². The molecule has 20 heavy (non-hydrogen) atoms. The van der Waals surface area contributed by atoms with E-state index >= 15 is 0 Å². The third-order valence-electron chi connectivity index (χ3n) is 3.24. The summed E-state index contributed by atoms with van der Waals surface area (Å²) < 4.78 is 19.6. The van der Waals surface area contributed by atoms with Crippen molar-refractivity contribution in [3.63, 3.8) is 0 Å². The van der Waals surface area contributed by atoms with Gasteiger partial charge in [-0.2, -0.15) is 0 Å². The Kier molecular flexibility index (Phi) is 4.79. The Labute approximate surface area is 119 Å². The zero-order valence-electron chi connectivity index (χ0n) is 12.0. The molecule has 0 aliphatic heterocycles. The van der Waals surface area contributed by atoms with Gasteiger partial charge in [0.15, 0.2) is 0 Å². The number of para-hydroxylation sites is 1. The minimum absolute atomic E-state index is 0.00197. The lowest BCUT2D eigenvalue weighted by Crippen LogP contribution is -2.26. The van der Waals surface area contributed by atoms with Crippen LogP contribution in [-0.2, 0) is 13.0 Å². The molecule has 3 nitrogen and oxygen atoms in total. The topological polar surface area (TPSA) is 42.4 Å². The lowest BCUT2D eigenvalue weighted by atomic mass is 10.0. The molecule has 0 saturated heterocycles. The summed E-state index contributed by atoms with van der Waals surface area (Å²) in [6, 6.07) is 8.90. The maximum Gasteiger partial charge on any atom is 0.146 e. The average molecular weight is 276 g/mol. The van der Waals surface area contributed by atoms with E-state index in [0.717, 1.165) is 11.3 Å². The van der Waals surface area contributed by atoms with Crippen molar-refractivity contribution in [2.75, 3.05) is 11.4 Å². The molecule has 2 N–H and O–H groups in total. The number of hydrogen-bond donors (Lipinski definition) is 1. The van der Waals surface area contributed by atoms with Crippen molar-refractivity contribution in [3.05, 3.63) is 53.7 Å². The number of anilines is 1. The first-order valence-electron chi connectivity index (χ1n) is 6.92. The van der Waals surface area contributed by atoms with E-state index in [4.69, 9.17) is 10.2 Å². The third-order valence-corrected chi connectivity index (χ3v) is 3.24. The Morgan fingerprint density at radius 2 is 2.10 bits per heavy atom. The molecule has 1 aromatic carbocycles. The Hall–Kier alpha value is -1.81. The standard InChI is InChI=1S/C16H21FN2O/c1-3-19(11-14-7-5-9-20-14)16-13(10-12(2)18)6-4-8-15(16)17/h4-9,12H,3,10-11,18H2,1-2H3. The number of nitrogens with two attached hydrogens (primary N) is 1. The van der Waals surface area contributed by atoms with Gasteiger partial charge in [-0.1, -0.05) is 12.1 Å². The first kappa shape index (κ1) is 14.6. The predicted octanol–water partition coefficient (Wildman–Crippen LogP) is 3.33. The summed E-state index contributed by atoms with van der Waals surface area (Å²) >= 11 is 0. The molecule has 2 aromatic rings. The smallest absolute Gasteiger partial charge is 0.146 e. The van der Waals surface area contributed by atoms with Crippen molar-refractivity contribution >= 4 is 5.69 Å². The van der Waals surface area contributed by atoms with Crippen molar-refractivity contribution in [1.29, 1.82) is 0 Å². The summed E-state index contributed by atoms with van der Waals surface area (Å²) in [6.45, 7) is 5.19. The van der Waals surface area contributed by atoms with Crippen molar-refractivity contribution in [1.82, 2.24) is 0 Å². The molecule has 0 amide bonds. The van der Waals surface area contributed by atoms with Gasteiger partial charge < -0.3 is 15.1 Å². The Morgan fingerprint density at radius 1 is 1.30 bits per heavy atom. The van der Waals surface area contributed by atoms with Gasteiger partial charge in [0.05, 0.1) is 18.5 Å².